The Labute approximate surface area is 90.3 Å². The molecule has 14 heavy (non-hydrogen) atoms. The SMILES string of the molecule is O=Cc1cccn1-c1cccc(Br)c1. The molecular weight excluding hydrogens is 242 g/mol. The number of carbonyl (C=O) groups excluding carboxylic acids is 1. The molecule has 0 saturated carbocycles. The van der Waals surface area contributed by atoms with Crippen LogP contribution in [0.3, 0.4) is 0 Å². The van der Waals surface area contributed by atoms with Crippen molar-refractivity contribution in [3.8, 4) is 5.69 Å². The molecular formula is C11H8BrNO. The van der Waals surface area contributed by atoms with Crippen LogP contribution in [0, 0.1) is 0 Å². The van der Waals surface area contributed by atoms with E-state index >= 15 is 0 Å². The molecule has 0 radical (unpaired) electrons. The molecule has 0 atom stereocenters. The summed E-state index contributed by atoms with van der Waals surface area (Å²) in [4.78, 5) is 10.7. The van der Waals surface area contributed by atoms with Crippen molar-refractivity contribution >= 4 is 22.2 Å². The van der Waals surface area contributed by atoms with Crippen LogP contribution in [0.5, 0.6) is 0 Å². The lowest BCUT2D eigenvalue weighted by Gasteiger charge is -2.05. The van der Waals surface area contributed by atoms with Crippen LogP contribution in [-0.4, -0.2) is 10.9 Å². The van der Waals surface area contributed by atoms with Gasteiger partial charge in [0.2, 0.25) is 0 Å². The zero-order valence-corrected chi connectivity index (χ0v) is 8.94. The minimum atomic E-state index is 0.656. The second-order valence-electron chi connectivity index (χ2n) is 2.90. The van der Waals surface area contributed by atoms with Gasteiger partial charge in [0.15, 0.2) is 6.29 Å². The summed E-state index contributed by atoms with van der Waals surface area (Å²) in [6.07, 6.45) is 2.71. The Morgan fingerprint density at radius 3 is 2.79 bits per heavy atom. The largest absolute Gasteiger partial charge is 0.314 e. The van der Waals surface area contributed by atoms with Gasteiger partial charge in [0.05, 0.1) is 5.69 Å². The van der Waals surface area contributed by atoms with Gasteiger partial charge in [-0.15, -0.1) is 0 Å². The third kappa shape index (κ3) is 1.63. The molecule has 1 aromatic heterocycles. The van der Waals surface area contributed by atoms with E-state index < -0.39 is 0 Å². The van der Waals surface area contributed by atoms with Crippen LogP contribution in [0.2, 0.25) is 0 Å². The van der Waals surface area contributed by atoms with Crippen LogP contribution in [0.15, 0.2) is 47.1 Å². The molecule has 0 amide bonds. The summed E-state index contributed by atoms with van der Waals surface area (Å²) in [7, 11) is 0. The van der Waals surface area contributed by atoms with Gasteiger partial charge in [0.1, 0.15) is 0 Å². The molecule has 1 aromatic carbocycles. The second kappa shape index (κ2) is 3.80. The van der Waals surface area contributed by atoms with Crippen LogP contribution >= 0.6 is 15.9 Å². The summed E-state index contributed by atoms with van der Waals surface area (Å²) in [5.41, 5.74) is 1.63. The normalized spacial score (nSPS) is 10.1. The Hall–Kier alpha value is -1.35. The first-order valence-corrected chi connectivity index (χ1v) is 4.99. The third-order valence-corrected chi connectivity index (χ3v) is 2.48. The van der Waals surface area contributed by atoms with E-state index in [-0.39, 0.29) is 0 Å². The molecule has 70 valence electrons. The molecule has 0 fully saturated rings. The van der Waals surface area contributed by atoms with E-state index in [0.717, 1.165) is 16.4 Å². The number of aromatic nitrogens is 1. The topological polar surface area (TPSA) is 22.0 Å². The Bertz CT molecular complexity index is 462. The highest BCUT2D eigenvalue weighted by atomic mass is 79.9. The smallest absolute Gasteiger partial charge is 0.166 e. The average Bonchev–Trinajstić information content (AvgIpc) is 2.65. The summed E-state index contributed by atoms with van der Waals surface area (Å²) >= 11 is 3.39. The lowest BCUT2D eigenvalue weighted by molar-refractivity contribution is 0.111. The summed E-state index contributed by atoms with van der Waals surface area (Å²) in [5.74, 6) is 0. The maximum Gasteiger partial charge on any atom is 0.166 e. The highest BCUT2D eigenvalue weighted by Crippen LogP contribution is 2.16. The van der Waals surface area contributed by atoms with Crippen molar-refractivity contribution < 1.29 is 4.79 Å². The molecule has 0 bridgehead atoms. The van der Waals surface area contributed by atoms with E-state index in [1.54, 1.807) is 6.07 Å². The van der Waals surface area contributed by atoms with Crippen molar-refractivity contribution in [2.24, 2.45) is 0 Å². The molecule has 0 aliphatic carbocycles. The van der Waals surface area contributed by atoms with Crippen LogP contribution in [0.4, 0.5) is 0 Å². The standard InChI is InChI=1S/C11H8BrNO/c12-9-3-1-4-10(7-9)13-6-2-5-11(13)8-14/h1-8H. The Kier molecular flexibility index (Phi) is 2.50. The quantitative estimate of drug-likeness (QED) is 0.751. The molecule has 0 saturated heterocycles. The lowest BCUT2D eigenvalue weighted by atomic mass is 10.3. The number of nitrogens with zero attached hydrogens (tertiary/aromatic N) is 1. The van der Waals surface area contributed by atoms with Gasteiger partial charge in [-0.1, -0.05) is 22.0 Å². The Morgan fingerprint density at radius 2 is 2.07 bits per heavy atom. The van der Waals surface area contributed by atoms with Crippen molar-refractivity contribution in [3.63, 3.8) is 0 Å². The molecule has 0 unspecified atom stereocenters. The molecule has 0 spiro atoms. The number of hydrogen-bond donors (Lipinski definition) is 0. The monoisotopic (exact) mass is 249 g/mol. The van der Waals surface area contributed by atoms with E-state index in [4.69, 9.17) is 0 Å². The fraction of sp³-hybridized carbons (Fsp3) is 0. The molecule has 3 heteroatoms. The van der Waals surface area contributed by atoms with Crippen LogP contribution in [-0.2, 0) is 0 Å². The van der Waals surface area contributed by atoms with Crippen molar-refractivity contribution in [1.29, 1.82) is 0 Å². The van der Waals surface area contributed by atoms with E-state index in [9.17, 15) is 4.79 Å². The van der Waals surface area contributed by atoms with Gasteiger partial charge in [0, 0.05) is 16.4 Å². The average molecular weight is 250 g/mol. The first-order chi connectivity index (χ1) is 6.81. The summed E-state index contributed by atoms with van der Waals surface area (Å²) < 4.78 is 2.85. The van der Waals surface area contributed by atoms with E-state index in [1.165, 1.54) is 0 Å². The number of rotatable bonds is 2. The maximum absolute atomic E-state index is 10.7. The third-order valence-electron chi connectivity index (χ3n) is 1.99. The van der Waals surface area contributed by atoms with Crippen LogP contribution in [0.1, 0.15) is 10.5 Å². The summed E-state index contributed by atoms with van der Waals surface area (Å²) in [6.45, 7) is 0. The second-order valence-corrected chi connectivity index (χ2v) is 3.82. The number of benzene rings is 1. The van der Waals surface area contributed by atoms with E-state index in [0.29, 0.717) is 5.69 Å². The van der Waals surface area contributed by atoms with Gasteiger partial charge in [-0.25, -0.2) is 0 Å². The number of carbonyl (C=O) groups is 1. The van der Waals surface area contributed by atoms with Gasteiger partial charge in [0.25, 0.3) is 0 Å². The van der Waals surface area contributed by atoms with Gasteiger partial charge in [-0.05, 0) is 30.3 Å². The maximum atomic E-state index is 10.7. The van der Waals surface area contributed by atoms with Crippen molar-refractivity contribution in [2.75, 3.05) is 0 Å². The molecule has 2 aromatic rings. The molecule has 1 heterocycles. The van der Waals surface area contributed by atoms with Gasteiger partial charge in [-0.3, -0.25) is 4.79 Å². The molecule has 0 N–H and O–H groups in total. The predicted molar refractivity (Wildman–Crippen MR) is 58.9 cm³/mol. The molecule has 0 aliphatic rings. The molecule has 2 rings (SSSR count). The zero-order valence-electron chi connectivity index (χ0n) is 7.35. The molecule has 2 nitrogen and oxygen atoms in total. The number of aldehydes is 1. The minimum absolute atomic E-state index is 0.656. The zero-order chi connectivity index (χ0) is 9.97. The van der Waals surface area contributed by atoms with Crippen molar-refractivity contribution in [2.45, 2.75) is 0 Å². The summed E-state index contributed by atoms with van der Waals surface area (Å²) in [6, 6.07) is 11.4. The fourth-order valence-electron chi connectivity index (χ4n) is 1.35. The predicted octanol–water partition coefficient (Wildman–Crippen LogP) is 3.05. The van der Waals surface area contributed by atoms with E-state index in [1.807, 2.05) is 41.1 Å². The number of hydrogen-bond acceptors (Lipinski definition) is 1. The lowest BCUT2D eigenvalue weighted by Crippen LogP contribution is -1.96. The first-order valence-electron chi connectivity index (χ1n) is 4.20. The van der Waals surface area contributed by atoms with Crippen molar-refractivity contribution in [3.05, 3.63) is 52.8 Å². The van der Waals surface area contributed by atoms with Crippen LogP contribution in [0.25, 0.3) is 5.69 Å². The van der Waals surface area contributed by atoms with Crippen molar-refractivity contribution in [1.82, 2.24) is 4.57 Å². The summed E-state index contributed by atoms with van der Waals surface area (Å²) in [5, 5.41) is 0. The first kappa shape index (κ1) is 9.21. The molecule has 0 aliphatic heterocycles. The van der Waals surface area contributed by atoms with E-state index in [2.05, 4.69) is 15.9 Å². The highest BCUT2D eigenvalue weighted by Gasteiger charge is 2.01. The Morgan fingerprint density at radius 1 is 1.21 bits per heavy atom. The van der Waals surface area contributed by atoms with Gasteiger partial charge >= 0.3 is 0 Å². The number of halogens is 1. The Balaban J connectivity index is 2.54. The van der Waals surface area contributed by atoms with Crippen LogP contribution < -0.4 is 0 Å². The highest BCUT2D eigenvalue weighted by molar-refractivity contribution is 9.10. The van der Waals surface area contributed by atoms with Gasteiger partial charge in [-0.2, -0.15) is 0 Å². The van der Waals surface area contributed by atoms with Gasteiger partial charge < -0.3 is 4.57 Å². The fourth-order valence-corrected chi connectivity index (χ4v) is 1.74. The minimum Gasteiger partial charge on any atom is -0.314 e.